The average Bonchev–Trinajstić information content (AvgIpc) is 2.10. The highest BCUT2D eigenvalue weighted by Crippen LogP contribution is 2.13. The number of hydrogen-bond donors (Lipinski definition) is 0. The van der Waals surface area contributed by atoms with Gasteiger partial charge >= 0.3 is 0 Å². The lowest BCUT2D eigenvalue weighted by Crippen LogP contribution is -1.89. The Hall–Kier alpha value is -1.25. The molecule has 0 saturated heterocycles. The Bertz CT molecular complexity index is 395. The molecule has 0 amide bonds. The van der Waals surface area contributed by atoms with Crippen LogP contribution in [0.15, 0.2) is 27.5 Å². The molecule has 0 spiro atoms. The molecular formula is C9H9NO2S. The van der Waals surface area contributed by atoms with E-state index in [1.807, 2.05) is 19.9 Å². The van der Waals surface area contributed by atoms with Crippen molar-refractivity contribution in [1.29, 1.82) is 0 Å². The molecule has 0 bridgehead atoms. The van der Waals surface area contributed by atoms with Crippen LogP contribution in [0.3, 0.4) is 0 Å². The second-order valence-electron chi connectivity index (χ2n) is 2.68. The minimum Gasteiger partial charge on any atom is -0.229 e. The molecule has 0 saturated carbocycles. The molecule has 68 valence electrons. The van der Waals surface area contributed by atoms with Gasteiger partial charge in [-0.3, -0.25) is 0 Å². The van der Waals surface area contributed by atoms with E-state index in [2.05, 4.69) is 4.40 Å². The van der Waals surface area contributed by atoms with Gasteiger partial charge in [0, 0.05) is 0 Å². The second-order valence-corrected chi connectivity index (χ2v) is 3.83. The fourth-order valence-electron chi connectivity index (χ4n) is 0.909. The van der Waals surface area contributed by atoms with E-state index in [1.165, 1.54) is 6.08 Å². The van der Waals surface area contributed by atoms with Crippen LogP contribution in [0.25, 0.3) is 0 Å². The first-order valence-electron chi connectivity index (χ1n) is 3.72. The van der Waals surface area contributed by atoms with Crippen LogP contribution < -0.4 is 0 Å². The zero-order valence-corrected chi connectivity index (χ0v) is 8.22. The van der Waals surface area contributed by atoms with Gasteiger partial charge in [0.25, 0.3) is 0 Å². The van der Waals surface area contributed by atoms with Crippen LogP contribution in [0.4, 0.5) is 0 Å². The molecule has 3 nitrogen and oxygen atoms in total. The molecule has 1 atom stereocenters. The minimum absolute atomic E-state index is 0.534. The van der Waals surface area contributed by atoms with Crippen LogP contribution in [0.5, 0.6) is 0 Å². The number of nitrogens with zero attached hydrogens (tertiary/aromatic N) is 1. The van der Waals surface area contributed by atoms with Gasteiger partial charge in [-0.15, -0.1) is 0 Å². The fraction of sp³-hybridized carbons (Fsp3) is 0.222. The largest absolute Gasteiger partial charge is 0.250 e. The third-order valence-electron chi connectivity index (χ3n) is 1.80. The van der Waals surface area contributed by atoms with Gasteiger partial charge in [0.1, 0.15) is 0 Å². The van der Waals surface area contributed by atoms with Gasteiger partial charge in [-0.1, -0.05) is 10.5 Å². The van der Waals surface area contributed by atoms with E-state index in [-0.39, 0.29) is 0 Å². The quantitative estimate of drug-likeness (QED) is 0.532. The molecule has 1 rings (SSSR count). The highest BCUT2D eigenvalue weighted by molar-refractivity contribution is 7.83. The Morgan fingerprint density at radius 2 is 2.00 bits per heavy atom. The first kappa shape index (κ1) is 9.84. The van der Waals surface area contributed by atoms with E-state index in [1.54, 1.807) is 12.1 Å². The summed E-state index contributed by atoms with van der Waals surface area (Å²) >= 11 is 0. The number of benzene rings is 1. The number of carbonyl (C=O) groups excluding carboxylic acids is 1. The molecule has 0 fully saturated rings. The van der Waals surface area contributed by atoms with Crippen LogP contribution in [0.1, 0.15) is 11.1 Å². The second kappa shape index (κ2) is 4.12. The predicted molar refractivity (Wildman–Crippen MR) is 50.4 cm³/mol. The molecule has 0 radical (unpaired) electrons. The Balaban J connectivity index is 3.10. The van der Waals surface area contributed by atoms with Crippen molar-refractivity contribution in [2.24, 2.45) is 4.40 Å². The van der Waals surface area contributed by atoms with Crippen molar-refractivity contribution in [2.45, 2.75) is 18.7 Å². The lowest BCUT2D eigenvalue weighted by Gasteiger charge is -2.00. The molecule has 0 heterocycles. The van der Waals surface area contributed by atoms with Crippen molar-refractivity contribution in [3.8, 4) is 0 Å². The maximum Gasteiger partial charge on any atom is 0.250 e. The summed E-state index contributed by atoms with van der Waals surface area (Å²) in [5.41, 5.74) is 2.16. The SMILES string of the molecule is Cc1ccc(S(=O)N=C=O)cc1C. The van der Waals surface area contributed by atoms with E-state index in [4.69, 9.17) is 0 Å². The molecule has 0 aliphatic rings. The average molecular weight is 195 g/mol. The summed E-state index contributed by atoms with van der Waals surface area (Å²) in [4.78, 5) is 10.4. The van der Waals surface area contributed by atoms with Gasteiger partial charge in [0.15, 0.2) is 11.0 Å². The maximum atomic E-state index is 11.2. The molecule has 0 aromatic heterocycles. The van der Waals surface area contributed by atoms with Crippen LogP contribution in [-0.2, 0) is 15.8 Å². The van der Waals surface area contributed by atoms with E-state index in [0.29, 0.717) is 4.90 Å². The first-order valence-corrected chi connectivity index (χ1v) is 4.83. The molecule has 0 aliphatic heterocycles. The molecule has 1 aromatic carbocycles. The molecular weight excluding hydrogens is 186 g/mol. The van der Waals surface area contributed by atoms with E-state index >= 15 is 0 Å². The summed E-state index contributed by atoms with van der Waals surface area (Å²) < 4.78 is 14.3. The Labute approximate surface area is 79.1 Å². The lowest BCUT2D eigenvalue weighted by molar-refractivity contribution is 0.566. The van der Waals surface area contributed by atoms with Crippen LogP contribution in [0.2, 0.25) is 0 Å². The molecule has 13 heavy (non-hydrogen) atoms. The number of isocyanates is 1. The summed E-state index contributed by atoms with van der Waals surface area (Å²) in [5.74, 6) is 0. The zero-order valence-electron chi connectivity index (χ0n) is 7.40. The van der Waals surface area contributed by atoms with Crippen molar-refractivity contribution < 1.29 is 9.00 Å². The number of aryl methyl sites for hydroxylation is 2. The minimum atomic E-state index is -1.60. The van der Waals surface area contributed by atoms with Crippen LogP contribution in [0, 0.1) is 13.8 Å². The monoisotopic (exact) mass is 195 g/mol. The van der Waals surface area contributed by atoms with Gasteiger partial charge in [-0.2, -0.15) is 0 Å². The molecule has 1 aromatic rings. The van der Waals surface area contributed by atoms with Gasteiger partial charge in [-0.05, 0) is 37.1 Å². The number of rotatable bonds is 2. The topological polar surface area (TPSA) is 46.5 Å². The van der Waals surface area contributed by atoms with Crippen molar-refractivity contribution in [3.63, 3.8) is 0 Å². The van der Waals surface area contributed by atoms with Crippen molar-refractivity contribution >= 4 is 17.1 Å². The third-order valence-corrected chi connectivity index (χ3v) is 2.70. The molecule has 0 aliphatic carbocycles. The smallest absolute Gasteiger partial charge is 0.229 e. The van der Waals surface area contributed by atoms with Crippen molar-refractivity contribution in [1.82, 2.24) is 0 Å². The van der Waals surface area contributed by atoms with E-state index in [9.17, 15) is 9.00 Å². The Kier molecular flexibility index (Phi) is 3.12. The van der Waals surface area contributed by atoms with Gasteiger partial charge < -0.3 is 0 Å². The normalized spacial score (nSPS) is 11.8. The van der Waals surface area contributed by atoms with Gasteiger partial charge in [-0.25, -0.2) is 9.00 Å². The number of hydrogen-bond acceptors (Lipinski definition) is 2. The fourth-order valence-corrected chi connectivity index (χ4v) is 1.54. The standard InChI is InChI=1S/C9H9NO2S/c1-7-3-4-9(5-8(7)2)13(12)10-6-11/h3-5H,1-2H3. The maximum absolute atomic E-state index is 11.2. The van der Waals surface area contributed by atoms with Crippen LogP contribution >= 0.6 is 0 Å². The van der Waals surface area contributed by atoms with Crippen molar-refractivity contribution in [3.05, 3.63) is 29.3 Å². The summed E-state index contributed by atoms with van der Waals surface area (Å²) in [6, 6.07) is 5.30. The predicted octanol–water partition coefficient (Wildman–Crippen LogP) is 1.66. The first-order chi connectivity index (χ1) is 6.15. The summed E-state index contributed by atoms with van der Waals surface area (Å²) in [7, 11) is -1.60. The molecule has 1 unspecified atom stereocenters. The molecule has 4 heteroatoms. The highest BCUT2D eigenvalue weighted by atomic mass is 32.2. The van der Waals surface area contributed by atoms with E-state index < -0.39 is 11.0 Å². The Morgan fingerprint density at radius 3 is 2.54 bits per heavy atom. The van der Waals surface area contributed by atoms with Gasteiger partial charge in [0.2, 0.25) is 6.08 Å². The highest BCUT2D eigenvalue weighted by Gasteiger charge is 2.02. The van der Waals surface area contributed by atoms with Gasteiger partial charge in [0.05, 0.1) is 4.90 Å². The molecule has 0 N–H and O–H groups in total. The summed E-state index contributed by atoms with van der Waals surface area (Å²) in [6.45, 7) is 3.88. The Morgan fingerprint density at radius 1 is 1.31 bits per heavy atom. The van der Waals surface area contributed by atoms with Crippen molar-refractivity contribution in [2.75, 3.05) is 0 Å². The van der Waals surface area contributed by atoms with E-state index in [0.717, 1.165) is 11.1 Å². The van der Waals surface area contributed by atoms with Crippen LogP contribution in [-0.4, -0.2) is 10.3 Å². The lowest BCUT2D eigenvalue weighted by atomic mass is 10.1. The summed E-state index contributed by atoms with van der Waals surface area (Å²) in [6.07, 6.45) is 1.27. The zero-order chi connectivity index (χ0) is 9.84. The third kappa shape index (κ3) is 2.34. The summed E-state index contributed by atoms with van der Waals surface area (Å²) in [5, 5.41) is 0.